The molecule has 0 saturated carbocycles. The van der Waals surface area contributed by atoms with Crippen LogP contribution >= 0.6 is 27.3 Å². The van der Waals surface area contributed by atoms with Gasteiger partial charge in [0.05, 0.1) is 17.7 Å². The van der Waals surface area contributed by atoms with Gasteiger partial charge in [0.15, 0.2) is 4.21 Å². The Bertz CT molecular complexity index is 857. The molecule has 108 valence electrons. The quantitative estimate of drug-likeness (QED) is 0.749. The molecular formula is C13H10BrN3O2S2. The number of sulfonamides is 1. The third-order valence-electron chi connectivity index (χ3n) is 2.76. The summed E-state index contributed by atoms with van der Waals surface area (Å²) < 4.78 is 30.1. The first kappa shape index (κ1) is 14.3. The minimum atomic E-state index is -3.63. The lowest BCUT2D eigenvalue weighted by Gasteiger charge is -2.12. The van der Waals surface area contributed by atoms with E-state index in [0.717, 1.165) is 11.3 Å². The normalized spacial score (nSPS) is 11.5. The zero-order valence-corrected chi connectivity index (χ0v) is 13.8. The Kier molecular flexibility index (Phi) is 3.83. The smallest absolute Gasteiger partial charge is 0.272 e. The number of imidazole rings is 1. The highest BCUT2D eigenvalue weighted by molar-refractivity contribution is 9.10. The van der Waals surface area contributed by atoms with Gasteiger partial charge in [-0.2, -0.15) is 0 Å². The summed E-state index contributed by atoms with van der Waals surface area (Å²) in [6.07, 6.45) is 5.02. The lowest BCUT2D eigenvalue weighted by Crippen LogP contribution is -2.13. The summed E-state index contributed by atoms with van der Waals surface area (Å²) in [7, 11) is -3.63. The van der Waals surface area contributed by atoms with E-state index < -0.39 is 10.0 Å². The van der Waals surface area contributed by atoms with Gasteiger partial charge in [-0.1, -0.05) is 12.1 Å². The maximum Gasteiger partial charge on any atom is 0.272 e. The number of para-hydroxylation sites is 2. The minimum Gasteiger partial charge on any atom is -0.304 e. The number of halogens is 1. The van der Waals surface area contributed by atoms with Crippen LogP contribution in [-0.2, 0) is 10.0 Å². The lowest BCUT2D eigenvalue weighted by atomic mass is 10.3. The average molecular weight is 384 g/mol. The molecular weight excluding hydrogens is 374 g/mol. The first-order chi connectivity index (χ1) is 10.1. The van der Waals surface area contributed by atoms with Gasteiger partial charge in [-0.15, -0.1) is 11.3 Å². The van der Waals surface area contributed by atoms with Gasteiger partial charge in [-0.3, -0.25) is 4.72 Å². The van der Waals surface area contributed by atoms with Gasteiger partial charge in [0, 0.05) is 16.9 Å². The van der Waals surface area contributed by atoms with Crippen molar-refractivity contribution in [1.29, 1.82) is 0 Å². The number of thiophene rings is 1. The van der Waals surface area contributed by atoms with Crippen LogP contribution in [0.15, 0.2) is 63.1 Å². The highest BCUT2D eigenvalue weighted by atomic mass is 79.9. The zero-order valence-electron chi connectivity index (χ0n) is 10.6. The monoisotopic (exact) mass is 383 g/mol. The Balaban J connectivity index is 2.02. The van der Waals surface area contributed by atoms with E-state index in [-0.39, 0.29) is 4.21 Å². The second-order valence-corrected chi connectivity index (χ2v) is 7.80. The van der Waals surface area contributed by atoms with E-state index in [4.69, 9.17) is 0 Å². The van der Waals surface area contributed by atoms with Crippen molar-refractivity contribution in [3.63, 3.8) is 0 Å². The van der Waals surface area contributed by atoms with Crippen molar-refractivity contribution in [2.45, 2.75) is 4.21 Å². The van der Waals surface area contributed by atoms with Crippen LogP contribution in [0.5, 0.6) is 0 Å². The van der Waals surface area contributed by atoms with Gasteiger partial charge in [-0.05, 0) is 39.5 Å². The van der Waals surface area contributed by atoms with Gasteiger partial charge in [0.1, 0.15) is 0 Å². The molecule has 0 radical (unpaired) electrons. The Morgan fingerprint density at radius 1 is 1.24 bits per heavy atom. The fourth-order valence-electron chi connectivity index (χ4n) is 1.85. The number of rotatable bonds is 4. The molecule has 0 atom stereocenters. The SMILES string of the molecule is O=S(=O)(Nc1ccccc1-n1ccnc1)c1sccc1Br. The molecule has 5 nitrogen and oxygen atoms in total. The van der Waals surface area contributed by atoms with Crippen molar-refractivity contribution in [3.05, 3.63) is 58.9 Å². The van der Waals surface area contributed by atoms with Gasteiger partial charge in [-0.25, -0.2) is 13.4 Å². The summed E-state index contributed by atoms with van der Waals surface area (Å²) in [5, 5.41) is 1.72. The Morgan fingerprint density at radius 2 is 2.05 bits per heavy atom. The molecule has 0 spiro atoms. The molecule has 0 aliphatic rings. The number of aromatic nitrogens is 2. The number of hydrogen-bond acceptors (Lipinski definition) is 4. The predicted molar refractivity (Wildman–Crippen MR) is 86.4 cm³/mol. The molecule has 0 amide bonds. The Labute approximate surface area is 134 Å². The topological polar surface area (TPSA) is 64.0 Å². The number of benzene rings is 1. The molecule has 0 aliphatic carbocycles. The van der Waals surface area contributed by atoms with Crippen molar-refractivity contribution in [3.8, 4) is 5.69 Å². The summed E-state index contributed by atoms with van der Waals surface area (Å²) >= 11 is 4.41. The maximum atomic E-state index is 12.4. The van der Waals surface area contributed by atoms with Crippen LogP contribution in [0.2, 0.25) is 0 Å². The second-order valence-electron chi connectivity index (χ2n) is 4.15. The summed E-state index contributed by atoms with van der Waals surface area (Å²) in [4.78, 5) is 3.98. The summed E-state index contributed by atoms with van der Waals surface area (Å²) in [6, 6.07) is 8.87. The van der Waals surface area contributed by atoms with Crippen LogP contribution in [0.3, 0.4) is 0 Å². The predicted octanol–water partition coefficient (Wildman–Crippen LogP) is 3.50. The fourth-order valence-corrected chi connectivity index (χ4v) is 5.26. The van der Waals surface area contributed by atoms with Crippen molar-refractivity contribution < 1.29 is 8.42 Å². The highest BCUT2D eigenvalue weighted by Gasteiger charge is 2.20. The molecule has 8 heteroatoms. The summed E-state index contributed by atoms with van der Waals surface area (Å²) in [6.45, 7) is 0. The van der Waals surface area contributed by atoms with Crippen LogP contribution in [0.1, 0.15) is 0 Å². The molecule has 0 unspecified atom stereocenters. The standard InChI is InChI=1S/C13H10BrN3O2S2/c14-10-5-8-20-13(10)21(18,19)16-11-3-1-2-4-12(11)17-7-6-15-9-17/h1-9,16H. The van der Waals surface area contributed by atoms with E-state index >= 15 is 0 Å². The van der Waals surface area contributed by atoms with Crippen molar-refractivity contribution in [2.75, 3.05) is 4.72 Å². The molecule has 3 rings (SSSR count). The van der Waals surface area contributed by atoms with Crippen LogP contribution in [0.4, 0.5) is 5.69 Å². The molecule has 0 saturated heterocycles. The lowest BCUT2D eigenvalue weighted by molar-refractivity contribution is 0.603. The zero-order chi connectivity index (χ0) is 14.9. The van der Waals surface area contributed by atoms with Crippen molar-refractivity contribution in [1.82, 2.24) is 9.55 Å². The number of nitrogens with one attached hydrogen (secondary N) is 1. The van der Waals surface area contributed by atoms with E-state index in [2.05, 4.69) is 25.6 Å². The van der Waals surface area contributed by atoms with E-state index in [1.54, 1.807) is 46.9 Å². The molecule has 21 heavy (non-hydrogen) atoms. The Morgan fingerprint density at radius 3 is 2.71 bits per heavy atom. The van der Waals surface area contributed by atoms with Crippen LogP contribution < -0.4 is 4.72 Å². The summed E-state index contributed by atoms with van der Waals surface area (Å²) in [5.74, 6) is 0. The average Bonchev–Trinajstić information content (AvgIpc) is 3.10. The maximum absolute atomic E-state index is 12.4. The van der Waals surface area contributed by atoms with E-state index in [1.165, 1.54) is 0 Å². The van der Waals surface area contributed by atoms with E-state index in [9.17, 15) is 8.42 Å². The molecule has 3 aromatic rings. The van der Waals surface area contributed by atoms with Crippen LogP contribution in [0.25, 0.3) is 5.69 Å². The third kappa shape index (κ3) is 2.87. The number of nitrogens with zero attached hydrogens (tertiary/aromatic N) is 2. The van der Waals surface area contributed by atoms with Crippen LogP contribution in [0, 0.1) is 0 Å². The van der Waals surface area contributed by atoms with E-state index in [0.29, 0.717) is 15.8 Å². The van der Waals surface area contributed by atoms with E-state index in [1.807, 2.05) is 12.1 Å². The van der Waals surface area contributed by atoms with Gasteiger partial charge >= 0.3 is 0 Å². The molecule has 1 aromatic carbocycles. The third-order valence-corrected chi connectivity index (χ3v) is 6.79. The summed E-state index contributed by atoms with van der Waals surface area (Å²) in [5.41, 5.74) is 1.21. The molecule has 0 bridgehead atoms. The largest absolute Gasteiger partial charge is 0.304 e. The highest BCUT2D eigenvalue weighted by Crippen LogP contribution is 2.30. The molecule has 2 heterocycles. The number of anilines is 1. The second kappa shape index (κ2) is 5.63. The van der Waals surface area contributed by atoms with Crippen molar-refractivity contribution >= 4 is 43.0 Å². The van der Waals surface area contributed by atoms with Crippen molar-refractivity contribution in [2.24, 2.45) is 0 Å². The number of hydrogen-bond donors (Lipinski definition) is 1. The minimum absolute atomic E-state index is 0.253. The first-order valence-corrected chi connectivity index (χ1v) is 9.07. The van der Waals surface area contributed by atoms with Gasteiger partial charge < -0.3 is 4.57 Å². The molecule has 1 N–H and O–H groups in total. The van der Waals surface area contributed by atoms with Gasteiger partial charge in [0.2, 0.25) is 0 Å². The first-order valence-electron chi connectivity index (χ1n) is 5.91. The van der Waals surface area contributed by atoms with Crippen LogP contribution in [-0.4, -0.2) is 18.0 Å². The molecule has 0 fully saturated rings. The van der Waals surface area contributed by atoms with Gasteiger partial charge in [0.25, 0.3) is 10.0 Å². The fraction of sp³-hybridized carbons (Fsp3) is 0. The Hall–Kier alpha value is -1.64. The molecule has 0 aliphatic heterocycles. The molecule has 2 aromatic heterocycles.